The number of anilines is 1. The minimum absolute atomic E-state index is 0.0594. The Bertz CT molecular complexity index is 779. The molecule has 5 heteroatoms. The van der Waals surface area contributed by atoms with E-state index in [0.29, 0.717) is 16.9 Å². The second-order valence-electron chi connectivity index (χ2n) is 4.04. The largest absolute Gasteiger partial charge is 0.464 e. The molecule has 0 atom stereocenters. The van der Waals surface area contributed by atoms with Gasteiger partial charge >= 0.3 is 0 Å². The summed E-state index contributed by atoms with van der Waals surface area (Å²) in [5.74, 6) is 0.559. The normalized spacial score (nSPS) is 10.6. The zero-order valence-corrected chi connectivity index (χ0v) is 10.3. The van der Waals surface area contributed by atoms with Gasteiger partial charge in [-0.25, -0.2) is 9.97 Å². The topological polar surface area (TPSA) is 68.0 Å². The van der Waals surface area contributed by atoms with Gasteiger partial charge in [0.05, 0.1) is 11.6 Å². The van der Waals surface area contributed by atoms with Gasteiger partial charge in [0.15, 0.2) is 5.43 Å². The molecule has 0 aliphatic rings. The highest BCUT2D eigenvalue weighted by Crippen LogP contribution is 2.22. The first-order valence-electron chi connectivity index (χ1n) is 5.79. The van der Waals surface area contributed by atoms with Gasteiger partial charge in [0, 0.05) is 31.1 Å². The monoisotopic (exact) mass is 253 g/mol. The Morgan fingerprint density at radius 3 is 2.63 bits per heavy atom. The summed E-state index contributed by atoms with van der Waals surface area (Å²) in [4.78, 5) is 20.1. The van der Waals surface area contributed by atoms with Crippen molar-refractivity contribution in [2.24, 2.45) is 0 Å². The minimum atomic E-state index is -0.0594. The van der Waals surface area contributed by atoms with Gasteiger partial charge in [0.1, 0.15) is 5.58 Å². The molecule has 3 rings (SSSR count). The van der Waals surface area contributed by atoms with E-state index in [1.807, 2.05) is 6.07 Å². The Morgan fingerprint density at radius 1 is 1.11 bits per heavy atom. The molecule has 19 heavy (non-hydrogen) atoms. The summed E-state index contributed by atoms with van der Waals surface area (Å²) < 4.78 is 5.28. The maximum absolute atomic E-state index is 11.8. The van der Waals surface area contributed by atoms with Crippen LogP contribution < -0.4 is 10.7 Å². The first-order chi connectivity index (χ1) is 9.28. The summed E-state index contributed by atoms with van der Waals surface area (Å²) in [7, 11) is 1.76. The van der Waals surface area contributed by atoms with Crippen molar-refractivity contribution in [3.8, 4) is 11.1 Å². The van der Waals surface area contributed by atoms with E-state index in [9.17, 15) is 4.79 Å². The number of nitrogens with one attached hydrogen (secondary N) is 1. The van der Waals surface area contributed by atoms with Gasteiger partial charge in [0.25, 0.3) is 0 Å². The molecule has 0 amide bonds. The molecular formula is C14H11N3O2. The molecule has 2 heterocycles. The van der Waals surface area contributed by atoms with E-state index in [1.165, 1.54) is 12.3 Å². The molecule has 94 valence electrons. The summed E-state index contributed by atoms with van der Waals surface area (Å²) in [6, 6.07) is 6.85. The van der Waals surface area contributed by atoms with Crippen molar-refractivity contribution in [2.75, 3.05) is 12.4 Å². The molecule has 0 aliphatic carbocycles. The third-order valence-corrected chi connectivity index (χ3v) is 2.87. The molecule has 1 aromatic carbocycles. The molecule has 5 nitrogen and oxygen atoms in total. The van der Waals surface area contributed by atoms with Crippen molar-refractivity contribution in [2.45, 2.75) is 0 Å². The third-order valence-electron chi connectivity index (χ3n) is 2.87. The molecule has 2 aromatic heterocycles. The molecule has 0 spiro atoms. The van der Waals surface area contributed by atoms with Gasteiger partial charge < -0.3 is 9.73 Å². The van der Waals surface area contributed by atoms with Crippen LogP contribution in [0.1, 0.15) is 0 Å². The standard InChI is InChI=1S/C14H11N3O2/c1-15-14-16-7-10(8-17-14)9-2-3-13-11(6-9)12(18)4-5-19-13/h2-8H,1H3,(H,15,16,17). The zero-order valence-electron chi connectivity index (χ0n) is 10.3. The van der Waals surface area contributed by atoms with Crippen LogP contribution in [0.4, 0.5) is 5.95 Å². The second kappa shape index (κ2) is 4.53. The fraction of sp³-hybridized carbons (Fsp3) is 0.0714. The Balaban J connectivity index is 2.14. The van der Waals surface area contributed by atoms with E-state index in [0.717, 1.165) is 11.1 Å². The van der Waals surface area contributed by atoms with Gasteiger partial charge in [-0.3, -0.25) is 4.79 Å². The smallest absolute Gasteiger partial charge is 0.222 e. The highest BCUT2D eigenvalue weighted by molar-refractivity contribution is 5.82. The summed E-state index contributed by atoms with van der Waals surface area (Å²) in [5, 5.41) is 3.41. The highest BCUT2D eigenvalue weighted by Gasteiger charge is 2.04. The number of fused-ring (bicyclic) bond motifs is 1. The van der Waals surface area contributed by atoms with E-state index >= 15 is 0 Å². The van der Waals surface area contributed by atoms with Crippen molar-refractivity contribution < 1.29 is 4.42 Å². The van der Waals surface area contributed by atoms with Crippen LogP contribution in [0.3, 0.4) is 0 Å². The Kier molecular flexibility index (Phi) is 2.72. The summed E-state index contributed by atoms with van der Waals surface area (Å²) in [6.45, 7) is 0. The number of hydrogen-bond acceptors (Lipinski definition) is 5. The Labute approximate surface area is 108 Å². The number of hydrogen-bond donors (Lipinski definition) is 1. The van der Waals surface area contributed by atoms with Crippen LogP contribution in [0, 0.1) is 0 Å². The average molecular weight is 253 g/mol. The van der Waals surface area contributed by atoms with Crippen molar-refractivity contribution in [1.29, 1.82) is 0 Å². The molecule has 0 fully saturated rings. The van der Waals surface area contributed by atoms with Crippen LogP contribution in [0.25, 0.3) is 22.1 Å². The molecule has 0 unspecified atom stereocenters. The summed E-state index contributed by atoms with van der Waals surface area (Å²) in [5.41, 5.74) is 2.25. The molecule has 0 bridgehead atoms. The maximum atomic E-state index is 11.8. The molecule has 3 aromatic rings. The van der Waals surface area contributed by atoms with Crippen LogP contribution in [0.5, 0.6) is 0 Å². The SMILES string of the molecule is CNc1ncc(-c2ccc3occc(=O)c3c2)cn1. The van der Waals surface area contributed by atoms with Gasteiger partial charge in [-0.2, -0.15) is 0 Å². The van der Waals surface area contributed by atoms with Gasteiger partial charge in [-0.1, -0.05) is 6.07 Å². The predicted octanol–water partition coefficient (Wildman–Crippen LogP) is 2.29. The molecular weight excluding hydrogens is 242 g/mol. The fourth-order valence-electron chi connectivity index (χ4n) is 1.87. The van der Waals surface area contributed by atoms with Gasteiger partial charge in [-0.05, 0) is 17.7 Å². The van der Waals surface area contributed by atoms with Crippen LogP contribution in [0.15, 0.2) is 52.1 Å². The van der Waals surface area contributed by atoms with Gasteiger partial charge in [0.2, 0.25) is 5.95 Å². The Morgan fingerprint density at radius 2 is 1.89 bits per heavy atom. The minimum Gasteiger partial charge on any atom is -0.464 e. The van der Waals surface area contributed by atoms with Crippen LogP contribution >= 0.6 is 0 Å². The maximum Gasteiger partial charge on any atom is 0.222 e. The second-order valence-corrected chi connectivity index (χ2v) is 4.04. The lowest BCUT2D eigenvalue weighted by Crippen LogP contribution is -1.98. The number of aromatic nitrogens is 2. The van der Waals surface area contributed by atoms with E-state index in [4.69, 9.17) is 4.42 Å². The predicted molar refractivity (Wildman–Crippen MR) is 73.1 cm³/mol. The third kappa shape index (κ3) is 2.06. The Hall–Kier alpha value is -2.69. The zero-order chi connectivity index (χ0) is 13.2. The van der Waals surface area contributed by atoms with Crippen molar-refractivity contribution in [3.63, 3.8) is 0 Å². The van der Waals surface area contributed by atoms with Crippen LogP contribution in [-0.2, 0) is 0 Å². The van der Waals surface area contributed by atoms with Crippen molar-refractivity contribution >= 4 is 16.9 Å². The number of benzene rings is 1. The van der Waals surface area contributed by atoms with E-state index in [1.54, 1.807) is 31.6 Å². The quantitative estimate of drug-likeness (QED) is 0.759. The van der Waals surface area contributed by atoms with E-state index in [-0.39, 0.29) is 5.43 Å². The summed E-state index contributed by atoms with van der Waals surface area (Å²) >= 11 is 0. The van der Waals surface area contributed by atoms with Crippen molar-refractivity contribution in [1.82, 2.24) is 9.97 Å². The van der Waals surface area contributed by atoms with Crippen LogP contribution in [0.2, 0.25) is 0 Å². The summed E-state index contributed by atoms with van der Waals surface area (Å²) in [6.07, 6.45) is 4.82. The molecule has 0 saturated carbocycles. The average Bonchev–Trinajstić information content (AvgIpc) is 2.47. The highest BCUT2D eigenvalue weighted by atomic mass is 16.3. The van der Waals surface area contributed by atoms with Crippen LogP contribution in [-0.4, -0.2) is 17.0 Å². The number of rotatable bonds is 2. The molecule has 1 N–H and O–H groups in total. The number of nitrogens with zero attached hydrogens (tertiary/aromatic N) is 2. The molecule has 0 saturated heterocycles. The first kappa shape index (κ1) is 11.4. The lowest BCUT2D eigenvalue weighted by atomic mass is 10.1. The molecule has 0 radical (unpaired) electrons. The van der Waals surface area contributed by atoms with Gasteiger partial charge in [-0.15, -0.1) is 0 Å². The molecule has 0 aliphatic heterocycles. The van der Waals surface area contributed by atoms with E-state index < -0.39 is 0 Å². The lowest BCUT2D eigenvalue weighted by molar-refractivity contribution is 0.602. The first-order valence-corrected chi connectivity index (χ1v) is 5.79. The fourth-order valence-corrected chi connectivity index (χ4v) is 1.87. The van der Waals surface area contributed by atoms with Crippen molar-refractivity contribution in [3.05, 3.63) is 53.1 Å². The lowest BCUT2D eigenvalue weighted by Gasteiger charge is -2.03. The van der Waals surface area contributed by atoms with E-state index in [2.05, 4.69) is 15.3 Å².